The van der Waals surface area contributed by atoms with Gasteiger partial charge >= 0.3 is 6.01 Å². The van der Waals surface area contributed by atoms with E-state index in [2.05, 4.69) is 20.8 Å². The number of benzene rings is 2. The van der Waals surface area contributed by atoms with E-state index in [1.807, 2.05) is 4.90 Å². The molecule has 44 heavy (non-hydrogen) atoms. The lowest BCUT2D eigenvalue weighted by atomic mass is 9.92. The highest BCUT2D eigenvalue weighted by Gasteiger charge is 2.63. The predicted molar refractivity (Wildman–Crippen MR) is 162 cm³/mol. The van der Waals surface area contributed by atoms with E-state index in [0.717, 1.165) is 38.3 Å². The van der Waals surface area contributed by atoms with Crippen LogP contribution >= 0.6 is 0 Å². The standard InChI is InChI=1S/C34H33F2N5O3/c1-3-22-26(35)7-6-19-12-21(42)14-23(27(19)22)29-28(36)30-24(15-37-29)31(40-10-4-8-33(2,43)17-40)39-32(38-30)44-18-34-9-5-11-41(34)16-20-13-25(20)34/h1,6-7,12,14-15,20,25,42-43H,4-5,8-11,13,16-18H2,2H3/t20-,25-,33-,34-/m1/s1. The number of aliphatic hydroxyl groups is 1. The first-order chi connectivity index (χ1) is 21.2. The third-order valence-electron chi connectivity index (χ3n) is 10.3. The molecule has 0 bridgehead atoms. The third-order valence-corrected chi connectivity index (χ3v) is 10.3. The van der Waals surface area contributed by atoms with Gasteiger partial charge in [-0.05, 0) is 81.0 Å². The SMILES string of the molecule is C#Cc1c(F)ccc2cc(O)cc(-c3ncc4c(N5CCC[C@@](C)(O)C5)nc(OC[C@@]56CCCN5C[C@H]5C[C@H]56)nc4c3F)c12. The third kappa shape index (κ3) is 4.20. The highest BCUT2D eigenvalue weighted by atomic mass is 19.1. The van der Waals surface area contributed by atoms with Crippen LogP contribution in [0.5, 0.6) is 11.8 Å². The average Bonchev–Trinajstić information content (AvgIpc) is 3.54. The molecule has 4 atom stereocenters. The van der Waals surface area contributed by atoms with Gasteiger partial charge in [-0.2, -0.15) is 9.97 Å². The Balaban J connectivity index is 1.28. The molecular weight excluding hydrogens is 564 g/mol. The summed E-state index contributed by atoms with van der Waals surface area (Å²) in [6.45, 7) is 5.30. The lowest BCUT2D eigenvalue weighted by Crippen LogP contribution is -2.47. The quantitative estimate of drug-likeness (QED) is 0.310. The molecule has 1 saturated carbocycles. The van der Waals surface area contributed by atoms with E-state index < -0.39 is 17.2 Å². The molecule has 2 N–H and O–H groups in total. The summed E-state index contributed by atoms with van der Waals surface area (Å²) in [5, 5.41) is 22.5. The number of hydrogen-bond acceptors (Lipinski definition) is 8. The van der Waals surface area contributed by atoms with Gasteiger partial charge < -0.3 is 19.8 Å². The first-order valence-corrected chi connectivity index (χ1v) is 15.3. The van der Waals surface area contributed by atoms with Crippen molar-refractivity contribution >= 4 is 27.5 Å². The summed E-state index contributed by atoms with van der Waals surface area (Å²) in [6, 6.07) is 5.56. The van der Waals surface area contributed by atoms with Crippen molar-refractivity contribution in [1.82, 2.24) is 19.9 Å². The number of aromatic nitrogens is 3. The number of phenolic OH excluding ortho intramolecular Hbond substituents is 1. The molecule has 5 heterocycles. The largest absolute Gasteiger partial charge is 0.508 e. The van der Waals surface area contributed by atoms with E-state index in [1.165, 1.54) is 36.9 Å². The van der Waals surface area contributed by atoms with Crippen LogP contribution in [0.15, 0.2) is 30.5 Å². The van der Waals surface area contributed by atoms with Gasteiger partial charge in [0.2, 0.25) is 0 Å². The number of rotatable bonds is 5. The van der Waals surface area contributed by atoms with Crippen LogP contribution in [0, 0.1) is 35.8 Å². The van der Waals surface area contributed by atoms with Gasteiger partial charge in [-0.15, -0.1) is 6.42 Å². The molecule has 3 saturated heterocycles. The van der Waals surface area contributed by atoms with Crippen molar-refractivity contribution in [3.63, 3.8) is 0 Å². The fourth-order valence-corrected chi connectivity index (χ4v) is 8.17. The number of aromatic hydroxyl groups is 1. The number of piperidine rings is 2. The minimum Gasteiger partial charge on any atom is -0.508 e. The topological polar surface area (TPSA) is 94.8 Å². The number of nitrogens with zero attached hydrogens (tertiary/aromatic N) is 5. The van der Waals surface area contributed by atoms with Crippen molar-refractivity contribution < 1.29 is 23.7 Å². The molecule has 0 spiro atoms. The summed E-state index contributed by atoms with van der Waals surface area (Å²) in [7, 11) is 0. The molecule has 4 aromatic rings. The minimum absolute atomic E-state index is 0.00753. The molecule has 1 aliphatic carbocycles. The summed E-state index contributed by atoms with van der Waals surface area (Å²) in [4.78, 5) is 18.3. The number of ether oxygens (including phenoxy) is 1. The van der Waals surface area contributed by atoms with Crippen molar-refractivity contribution in [3.05, 3.63) is 47.7 Å². The molecule has 8 rings (SSSR count). The first-order valence-electron chi connectivity index (χ1n) is 15.3. The molecule has 3 aliphatic heterocycles. The second-order valence-electron chi connectivity index (χ2n) is 13.2. The van der Waals surface area contributed by atoms with E-state index in [1.54, 1.807) is 6.92 Å². The summed E-state index contributed by atoms with van der Waals surface area (Å²) in [5.74, 6) is 2.62. The van der Waals surface area contributed by atoms with Crippen LogP contribution in [-0.2, 0) is 0 Å². The number of halogens is 2. The Morgan fingerprint density at radius 1 is 1.16 bits per heavy atom. The van der Waals surface area contributed by atoms with Gasteiger partial charge in [0.1, 0.15) is 35.2 Å². The van der Waals surface area contributed by atoms with Gasteiger partial charge in [-0.1, -0.05) is 12.0 Å². The van der Waals surface area contributed by atoms with Crippen molar-refractivity contribution in [1.29, 1.82) is 0 Å². The number of pyridine rings is 1. The Kier molecular flexibility index (Phi) is 6.07. The number of fused-ring (bicyclic) bond motifs is 5. The highest BCUT2D eigenvalue weighted by molar-refractivity contribution is 6.03. The van der Waals surface area contributed by atoms with Crippen LogP contribution in [0.4, 0.5) is 14.6 Å². The lowest BCUT2D eigenvalue weighted by molar-refractivity contribution is 0.0446. The van der Waals surface area contributed by atoms with Gasteiger partial charge in [0.15, 0.2) is 5.82 Å². The van der Waals surface area contributed by atoms with E-state index in [-0.39, 0.29) is 45.0 Å². The van der Waals surface area contributed by atoms with Gasteiger partial charge in [-0.25, -0.2) is 8.78 Å². The average molecular weight is 598 g/mol. The number of phenols is 1. The Morgan fingerprint density at radius 3 is 2.82 bits per heavy atom. The minimum atomic E-state index is -0.938. The molecule has 10 heteroatoms. The zero-order valence-corrected chi connectivity index (χ0v) is 24.5. The van der Waals surface area contributed by atoms with Crippen molar-refractivity contribution in [2.45, 2.75) is 50.2 Å². The number of hydrogen-bond donors (Lipinski definition) is 2. The van der Waals surface area contributed by atoms with Crippen LogP contribution in [0.25, 0.3) is 32.9 Å². The molecule has 4 aliphatic rings. The Morgan fingerprint density at radius 2 is 2.00 bits per heavy atom. The van der Waals surface area contributed by atoms with E-state index in [9.17, 15) is 14.6 Å². The van der Waals surface area contributed by atoms with E-state index in [4.69, 9.17) is 16.1 Å². The molecule has 8 nitrogen and oxygen atoms in total. The van der Waals surface area contributed by atoms with Crippen LogP contribution in [0.1, 0.15) is 44.6 Å². The van der Waals surface area contributed by atoms with Gasteiger partial charge in [0, 0.05) is 36.8 Å². The zero-order chi connectivity index (χ0) is 30.4. The molecular formula is C34H33F2N5O3. The van der Waals surface area contributed by atoms with E-state index >= 15 is 4.39 Å². The Bertz CT molecular complexity index is 1890. The predicted octanol–water partition coefficient (Wildman–Crippen LogP) is 5.02. The molecule has 0 radical (unpaired) electrons. The zero-order valence-electron chi connectivity index (χ0n) is 24.5. The lowest BCUT2D eigenvalue weighted by Gasteiger charge is -2.38. The summed E-state index contributed by atoms with van der Waals surface area (Å²) in [6.07, 6.45) is 11.9. The molecule has 2 aromatic carbocycles. The number of terminal acetylenes is 1. The monoisotopic (exact) mass is 597 g/mol. The first kappa shape index (κ1) is 27.5. The fourth-order valence-electron chi connectivity index (χ4n) is 8.17. The summed E-state index contributed by atoms with van der Waals surface area (Å²) < 4.78 is 37.9. The summed E-state index contributed by atoms with van der Waals surface area (Å²) >= 11 is 0. The normalized spacial score (nSPS) is 27.8. The van der Waals surface area contributed by atoms with Crippen molar-refractivity contribution in [3.8, 4) is 35.4 Å². The molecule has 226 valence electrons. The number of anilines is 1. The van der Waals surface area contributed by atoms with Crippen molar-refractivity contribution in [2.24, 2.45) is 11.8 Å². The second-order valence-corrected chi connectivity index (χ2v) is 13.2. The van der Waals surface area contributed by atoms with Crippen LogP contribution in [-0.4, -0.2) is 74.0 Å². The Hall–Kier alpha value is -4.07. The molecule has 4 fully saturated rings. The van der Waals surface area contributed by atoms with E-state index in [0.29, 0.717) is 48.6 Å². The smallest absolute Gasteiger partial charge is 0.319 e. The molecule has 0 amide bonds. The Labute approximate surface area is 253 Å². The molecule has 2 aromatic heterocycles. The second kappa shape index (κ2) is 9.71. The maximum absolute atomic E-state index is 16.7. The fraction of sp³-hybridized carbons (Fsp3) is 0.441. The molecule has 0 unspecified atom stereocenters. The summed E-state index contributed by atoms with van der Waals surface area (Å²) in [5.41, 5.74) is -0.993. The highest BCUT2D eigenvalue weighted by Crippen LogP contribution is 2.59. The van der Waals surface area contributed by atoms with Crippen molar-refractivity contribution in [2.75, 3.05) is 37.7 Å². The maximum atomic E-state index is 16.7. The van der Waals surface area contributed by atoms with Crippen LogP contribution in [0.3, 0.4) is 0 Å². The van der Waals surface area contributed by atoms with Crippen LogP contribution in [0.2, 0.25) is 0 Å². The maximum Gasteiger partial charge on any atom is 0.319 e. The number of β-amino-alcohol motifs (C(OH)–C–C–N with tert-alkyl or cyclic N) is 1. The van der Waals surface area contributed by atoms with Gasteiger partial charge in [0.25, 0.3) is 0 Å². The van der Waals surface area contributed by atoms with Gasteiger partial charge in [0.05, 0.1) is 22.1 Å². The van der Waals surface area contributed by atoms with Crippen LogP contribution < -0.4 is 9.64 Å². The van der Waals surface area contributed by atoms with Gasteiger partial charge in [-0.3, -0.25) is 9.88 Å².